The summed E-state index contributed by atoms with van der Waals surface area (Å²) < 4.78 is 6.78. The molecule has 1 unspecified atom stereocenters. The van der Waals surface area contributed by atoms with Crippen LogP contribution in [0.3, 0.4) is 0 Å². The highest BCUT2D eigenvalue weighted by Crippen LogP contribution is 2.20. The summed E-state index contributed by atoms with van der Waals surface area (Å²) in [5, 5.41) is 2.96. The average molecular weight is 322 g/mol. The minimum absolute atomic E-state index is 0.00394. The van der Waals surface area contributed by atoms with E-state index in [0.29, 0.717) is 38.2 Å². The van der Waals surface area contributed by atoms with E-state index >= 15 is 0 Å². The zero-order chi connectivity index (χ0) is 17.0. The van der Waals surface area contributed by atoms with Crippen molar-refractivity contribution in [3.63, 3.8) is 0 Å². The number of carbonyl (C=O) groups excluding carboxylic acids is 2. The predicted octanol–water partition coefficient (Wildman–Crippen LogP) is 0.732. The number of aromatic nitrogens is 2. The maximum Gasteiger partial charge on any atom is 0.272 e. The Hall–Kier alpha value is -1.89. The highest BCUT2D eigenvalue weighted by Gasteiger charge is 2.29. The molecule has 1 saturated heterocycles. The Labute approximate surface area is 137 Å². The van der Waals surface area contributed by atoms with E-state index in [2.05, 4.69) is 10.3 Å². The van der Waals surface area contributed by atoms with Gasteiger partial charge < -0.3 is 19.5 Å². The van der Waals surface area contributed by atoms with Gasteiger partial charge in [-0.1, -0.05) is 0 Å². The van der Waals surface area contributed by atoms with E-state index in [9.17, 15) is 9.59 Å². The second-order valence-corrected chi connectivity index (χ2v) is 6.22. The lowest BCUT2D eigenvalue weighted by molar-refractivity contribution is -0.127. The van der Waals surface area contributed by atoms with Gasteiger partial charge in [0, 0.05) is 39.2 Å². The molecule has 1 aliphatic heterocycles. The molecule has 1 fully saturated rings. The number of nitrogens with one attached hydrogen (secondary N) is 1. The molecule has 128 valence electrons. The number of hydrogen-bond donors (Lipinski definition) is 1. The molecule has 0 aromatic carbocycles. The normalized spacial score (nSPS) is 17.1. The van der Waals surface area contributed by atoms with Gasteiger partial charge in [-0.15, -0.1) is 0 Å². The molecule has 2 heterocycles. The Morgan fingerprint density at radius 3 is 2.61 bits per heavy atom. The van der Waals surface area contributed by atoms with Gasteiger partial charge in [-0.05, 0) is 26.7 Å². The Morgan fingerprint density at radius 2 is 2.09 bits per heavy atom. The molecule has 2 amide bonds. The first-order valence-electron chi connectivity index (χ1n) is 8.00. The smallest absolute Gasteiger partial charge is 0.272 e. The first-order chi connectivity index (χ1) is 10.9. The molecule has 1 aromatic rings. The Balaban J connectivity index is 1.89. The van der Waals surface area contributed by atoms with Gasteiger partial charge >= 0.3 is 0 Å². The Morgan fingerprint density at radius 1 is 1.43 bits per heavy atom. The van der Waals surface area contributed by atoms with Crippen LogP contribution in [-0.2, 0) is 16.6 Å². The fraction of sp³-hybridized carbons (Fsp3) is 0.688. The molecule has 23 heavy (non-hydrogen) atoms. The van der Waals surface area contributed by atoms with Crippen LogP contribution in [0, 0.1) is 12.8 Å². The fourth-order valence-electron chi connectivity index (χ4n) is 3.00. The van der Waals surface area contributed by atoms with Gasteiger partial charge in [-0.2, -0.15) is 0 Å². The van der Waals surface area contributed by atoms with E-state index < -0.39 is 0 Å². The van der Waals surface area contributed by atoms with Gasteiger partial charge in [0.2, 0.25) is 5.91 Å². The second-order valence-electron chi connectivity index (χ2n) is 6.22. The lowest BCUT2D eigenvalue weighted by atomic mass is 9.95. The summed E-state index contributed by atoms with van der Waals surface area (Å²) in [4.78, 5) is 30.8. The van der Waals surface area contributed by atoms with Gasteiger partial charge in [0.15, 0.2) is 0 Å². The van der Waals surface area contributed by atoms with Crippen molar-refractivity contribution in [1.82, 2.24) is 19.8 Å². The van der Waals surface area contributed by atoms with E-state index in [0.717, 1.165) is 5.69 Å². The molecular formula is C16H26N4O3. The monoisotopic (exact) mass is 322 g/mol. The molecule has 0 bridgehead atoms. The van der Waals surface area contributed by atoms with Crippen LogP contribution in [0.2, 0.25) is 0 Å². The number of aryl methyl sites for hydroxylation is 2. The molecule has 0 radical (unpaired) electrons. The third-order valence-electron chi connectivity index (χ3n) is 4.28. The summed E-state index contributed by atoms with van der Waals surface area (Å²) in [5.41, 5.74) is 1.37. The van der Waals surface area contributed by atoms with Crippen molar-refractivity contribution in [3.05, 3.63) is 17.7 Å². The highest BCUT2D eigenvalue weighted by atomic mass is 16.5. The first kappa shape index (κ1) is 17.5. The van der Waals surface area contributed by atoms with Crippen LogP contribution in [0.5, 0.6) is 0 Å². The molecule has 1 aromatic heterocycles. The fourth-order valence-corrected chi connectivity index (χ4v) is 3.00. The molecule has 1 N–H and O–H groups in total. The molecule has 2 rings (SSSR count). The van der Waals surface area contributed by atoms with Gasteiger partial charge in [-0.3, -0.25) is 9.59 Å². The molecular weight excluding hydrogens is 296 g/mol. The summed E-state index contributed by atoms with van der Waals surface area (Å²) in [6.07, 6.45) is 3.03. The Bertz CT molecular complexity index is 542. The van der Waals surface area contributed by atoms with Crippen LogP contribution >= 0.6 is 0 Å². The number of piperidine rings is 1. The number of carbonyl (C=O) groups is 2. The van der Waals surface area contributed by atoms with E-state index in [4.69, 9.17) is 4.74 Å². The Kier molecular flexibility index (Phi) is 5.76. The summed E-state index contributed by atoms with van der Waals surface area (Å²) in [6.45, 7) is 5.46. The van der Waals surface area contributed by atoms with Gasteiger partial charge in [0.25, 0.3) is 5.91 Å². The largest absolute Gasteiger partial charge is 0.383 e. The van der Waals surface area contributed by atoms with Crippen LogP contribution < -0.4 is 5.32 Å². The van der Waals surface area contributed by atoms with Gasteiger partial charge in [-0.25, -0.2) is 4.98 Å². The first-order valence-corrected chi connectivity index (χ1v) is 8.00. The van der Waals surface area contributed by atoms with E-state index in [-0.39, 0.29) is 23.8 Å². The van der Waals surface area contributed by atoms with Crippen molar-refractivity contribution in [2.75, 3.05) is 26.8 Å². The van der Waals surface area contributed by atoms with Gasteiger partial charge in [0.05, 0.1) is 18.6 Å². The minimum atomic E-state index is -0.0361. The van der Waals surface area contributed by atoms with Crippen LogP contribution in [0.4, 0.5) is 0 Å². The molecule has 7 heteroatoms. The summed E-state index contributed by atoms with van der Waals surface area (Å²) in [6, 6.07) is 0.00394. The summed E-state index contributed by atoms with van der Waals surface area (Å²) in [7, 11) is 3.44. The zero-order valence-electron chi connectivity index (χ0n) is 14.3. The van der Waals surface area contributed by atoms with Crippen LogP contribution in [0.1, 0.15) is 35.9 Å². The van der Waals surface area contributed by atoms with Crippen molar-refractivity contribution in [2.45, 2.75) is 32.7 Å². The number of imidazole rings is 1. The van der Waals surface area contributed by atoms with Crippen LogP contribution in [0.15, 0.2) is 6.33 Å². The minimum Gasteiger partial charge on any atom is -0.383 e. The maximum absolute atomic E-state index is 12.6. The number of amides is 2. The topological polar surface area (TPSA) is 76.5 Å². The summed E-state index contributed by atoms with van der Waals surface area (Å²) >= 11 is 0. The zero-order valence-corrected chi connectivity index (χ0v) is 14.3. The second kappa shape index (κ2) is 7.59. The van der Waals surface area contributed by atoms with E-state index in [1.165, 1.54) is 0 Å². The SMILES string of the molecule is COCC(C)NC(=O)C1CCN(C(=O)c2c(C)ncn2C)CC1. The van der Waals surface area contributed by atoms with Crippen molar-refractivity contribution in [1.29, 1.82) is 0 Å². The molecule has 1 aliphatic rings. The number of likely N-dealkylation sites (tertiary alicyclic amines) is 1. The maximum atomic E-state index is 12.6. The van der Waals surface area contributed by atoms with Crippen molar-refractivity contribution in [2.24, 2.45) is 13.0 Å². The van der Waals surface area contributed by atoms with Crippen molar-refractivity contribution < 1.29 is 14.3 Å². The third kappa shape index (κ3) is 4.10. The van der Waals surface area contributed by atoms with Crippen molar-refractivity contribution >= 4 is 11.8 Å². The number of nitrogens with zero attached hydrogens (tertiary/aromatic N) is 3. The number of methoxy groups -OCH3 is 1. The third-order valence-corrected chi connectivity index (χ3v) is 4.28. The molecule has 0 aliphatic carbocycles. The standard InChI is InChI=1S/C16H26N4O3/c1-11(9-23-4)18-15(21)13-5-7-20(8-6-13)16(22)14-12(2)17-10-19(14)3/h10-11,13H,5-9H2,1-4H3,(H,18,21). The van der Waals surface area contributed by atoms with Crippen LogP contribution in [-0.4, -0.2) is 59.1 Å². The molecule has 1 atom stereocenters. The van der Waals surface area contributed by atoms with E-state index in [1.54, 1.807) is 18.0 Å². The lowest BCUT2D eigenvalue weighted by Gasteiger charge is -2.32. The molecule has 0 saturated carbocycles. The highest BCUT2D eigenvalue weighted by molar-refractivity contribution is 5.94. The average Bonchev–Trinajstić information content (AvgIpc) is 2.86. The number of hydrogen-bond acceptors (Lipinski definition) is 4. The summed E-state index contributed by atoms with van der Waals surface area (Å²) in [5.74, 6) is 0.0125. The van der Waals surface area contributed by atoms with Crippen molar-refractivity contribution in [3.8, 4) is 0 Å². The molecule has 7 nitrogen and oxygen atoms in total. The quantitative estimate of drug-likeness (QED) is 0.867. The molecule has 0 spiro atoms. The lowest BCUT2D eigenvalue weighted by Crippen LogP contribution is -2.46. The van der Waals surface area contributed by atoms with Crippen LogP contribution in [0.25, 0.3) is 0 Å². The van der Waals surface area contributed by atoms with Gasteiger partial charge in [0.1, 0.15) is 5.69 Å². The van der Waals surface area contributed by atoms with E-state index in [1.807, 2.05) is 25.8 Å². The number of ether oxygens (including phenoxy) is 1. The number of rotatable bonds is 5. The predicted molar refractivity (Wildman–Crippen MR) is 86.1 cm³/mol.